The third kappa shape index (κ3) is 29.0. The molecule has 1 heterocycles. The van der Waals surface area contributed by atoms with Gasteiger partial charge in [0.15, 0.2) is 6.29 Å². The van der Waals surface area contributed by atoms with Crippen LogP contribution in [0.5, 0.6) is 0 Å². The van der Waals surface area contributed by atoms with Gasteiger partial charge in [-0.1, -0.05) is 177 Å². The molecule has 0 aromatic heterocycles. The smallest absolute Gasteiger partial charge is 0.220 e. The van der Waals surface area contributed by atoms with E-state index >= 15 is 0 Å². The van der Waals surface area contributed by atoms with Crippen LogP contribution in [0, 0.1) is 0 Å². The number of ether oxygens (including phenoxy) is 2. The minimum absolute atomic E-state index is 0.145. The first kappa shape index (κ1) is 53.6. The van der Waals surface area contributed by atoms with Crippen molar-refractivity contribution in [3.05, 3.63) is 72.9 Å². The second-order valence-electron chi connectivity index (χ2n) is 15.8. The molecule has 1 aliphatic heterocycles. The predicted molar refractivity (Wildman–Crippen MR) is 239 cm³/mol. The summed E-state index contributed by atoms with van der Waals surface area (Å²) in [6, 6.07) is -0.718. The number of aliphatic hydroxyl groups is 5. The molecule has 0 saturated carbocycles. The third-order valence-electron chi connectivity index (χ3n) is 10.6. The van der Waals surface area contributed by atoms with Gasteiger partial charge in [-0.3, -0.25) is 4.79 Å². The van der Waals surface area contributed by atoms with E-state index in [-0.39, 0.29) is 12.5 Å². The van der Waals surface area contributed by atoms with Gasteiger partial charge in [0.1, 0.15) is 24.4 Å². The topological polar surface area (TPSA) is 149 Å². The molecule has 1 amide bonds. The van der Waals surface area contributed by atoms with Crippen molar-refractivity contribution in [1.82, 2.24) is 5.32 Å². The van der Waals surface area contributed by atoms with Crippen molar-refractivity contribution in [2.24, 2.45) is 0 Å². The molecule has 7 atom stereocenters. The number of nitrogens with one attached hydrogen (secondary N) is 1. The second-order valence-corrected chi connectivity index (χ2v) is 15.8. The molecule has 7 unspecified atom stereocenters. The highest BCUT2D eigenvalue weighted by atomic mass is 16.7. The van der Waals surface area contributed by atoms with E-state index in [1.807, 2.05) is 0 Å². The Morgan fingerprint density at radius 3 is 1.57 bits per heavy atom. The van der Waals surface area contributed by atoms with Crippen molar-refractivity contribution in [3.63, 3.8) is 0 Å². The maximum Gasteiger partial charge on any atom is 0.220 e. The molecule has 0 radical (unpaired) electrons. The van der Waals surface area contributed by atoms with Gasteiger partial charge in [-0.05, 0) is 64.2 Å². The minimum Gasteiger partial charge on any atom is -0.394 e. The molecule has 9 heteroatoms. The first-order chi connectivity index (χ1) is 28.3. The van der Waals surface area contributed by atoms with Crippen LogP contribution in [-0.2, 0) is 14.3 Å². The number of carbonyl (C=O) groups is 1. The maximum atomic E-state index is 12.8. The van der Waals surface area contributed by atoms with E-state index < -0.39 is 49.5 Å². The zero-order valence-electron chi connectivity index (χ0n) is 36.5. The lowest BCUT2D eigenvalue weighted by Gasteiger charge is -2.40. The second kappa shape index (κ2) is 38.8. The Morgan fingerprint density at radius 2 is 1.07 bits per heavy atom. The average molecular weight is 816 g/mol. The van der Waals surface area contributed by atoms with Gasteiger partial charge in [0.25, 0.3) is 0 Å². The third-order valence-corrected chi connectivity index (χ3v) is 10.6. The molecule has 334 valence electrons. The van der Waals surface area contributed by atoms with E-state index in [1.165, 1.54) is 64.2 Å². The summed E-state index contributed by atoms with van der Waals surface area (Å²) in [5, 5.41) is 53.7. The molecule has 1 saturated heterocycles. The summed E-state index contributed by atoms with van der Waals surface area (Å²) in [5.41, 5.74) is 0. The monoisotopic (exact) mass is 816 g/mol. The van der Waals surface area contributed by atoms with Crippen LogP contribution >= 0.6 is 0 Å². The molecule has 1 fully saturated rings. The molecule has 6 N–H and O–H groups in total. The van der Waals surface area contributed by atoms with Gasteiger partial charge in [-0.2, -0.15) is 0 Å². The summed E-state index contributed by atoms with van der Waals surface area (Å²) in [7, 11) is 0. The fourth-order valence-electron chi connectivity index (χ4n) is 6.87. The molecule has 1 rings (SSSR count). The Kier molecular flexibility index (Phi) is 35.9. The largest absolute Gasteiger partial charge is 0.394 e. The Morgan fingerprint density at radius 1 is 0.603 bits per heavy atom. The van der Waals surface area contributed by atoms with Crippen molar-refractivity contribution in [2.75, 3.05) is 13.2 Å². The van der Waals surface area contributed by atoms with Crippen molar-refractivity contribution in [2.45, 2.75) is 217 Å². The lowest BCUT2D eigenvalue weighted by Crippen LogP contribution is -2.60. The molecule has 58 heavy (non-hydrogen) atoms. The van der Waals surface area contributed by atoms with Gasteiger partial charge in [0.2, 0.25) is 5.91 Å². The molecule has 1 aliphatic rings. The number of amides is 1. The Labute approximate surface area is 353 Å². The Hall–Kier alpha value is -2.37. The number of carbonyl (C=O) groups excluding carboxylic acids is 1. The first-order valence-corrected chi connectivity index (χ1v) is 23.1. The van der Waals surface area contributed by atoms with E-state index in [1.54, 1.807) is 0 Å². The number of rotatable bonds is 37. The van der Waals surface area contributed by atoms with Gasteiger partial charge in [0.05, 0.1) is 25.4 Å². The van der Waals surface area contributed by atoms with E-state index in [0.29, 0.717) is 12.8 Å². The molecule has 0 spiro atoms. The van der Waals surface area contributed by atoms with Crippen molar-refractivity contribution in [1.29, 1.82) is 0 Å². The standard InChI is InChI=1S/C49H85NO8/c1-3-5-7-9-10-11-12-13-14-15-16-17-18-19-20-21-22-23-24-25-26-27-28-29-30-31-32-33-34-35-37-39-45(53)50-42(43(52)38-36-8-6-4-2)41-57-49-48(56)47(55)46(54)44(40-51)58-49/h5,7,10-11,13-14,16-17,19-20,22-23,42-44,46-49,51-52,54-56H,3-4,6,8-9,12,15,18,21,24-41H2,1-2H3,(H,50,53)/b7-5-,11-10-,14-13-,17-16-,20-19-,23-22-. The van der Waals surface area contributed by atoms with E-state index in [0.717, 1.165) is 83.5 Å². The van der Waals surface area contributed by atoms with E-state index in [9.17, 15) is 30.3 Å². The van der Waals surface area contributed by atoms with Crippen LogP contribution in [0.15, 0.2) is 72.9 Å². The van der Waals surface area contributed by atoms with Gasteiger partial charge >= 0.3 is 0 Å². The quantitative estimate of drug-likeness (QED) is 0.0268. The van der Waals surface area contributed by atoms with Gasteiger partial charge in [-0.15, -0.1) is 0 Å². The van der Waals surface area contributed by atoms with Crippen LogP contribution in [0.25, 0.3) is 0 Å². The van der Waals surface area contributed by atoms with Crippen LogP contribution in [-0.4, -0.2) is 87.5 Å². The fraction of sp³-hybridized carbons (Fsp3) is 0.735. The van der Waals surface area contributed by atoms with Gasteiger partial charge in [0, 0.05) is 6.42 Å². The molecule has 9 nitrogen and oxygen atoms in total. The minimum atomic E-state index is -1.55. The molecule has 0 aromatic rings. The highest BCUT2D eigenvalue weighted by molar-refractivity contribution is 5.76. The number of allylic oxidation sites excluding steroid dienone is 12. The normalized spacial score (nSPS) is 21.5. The zero-order chi connectivity index (χ0) is 42.3. The fourth-order valence-corrected chi connectivity index (χ4v) is 6.87. The molecular weight excluding hydrogens is 731 g/mol. The van der Waals surface area contributed by atoms with Crippen LogP contribution in [0.3, 0.4) is 0 Å². The van der Waals surface area contributed by atoms with Gasteiger partial charge in [-0.25, -0.2) is 0 Å². The average Bonchev–Trinajstić information content (AvgIpc) is 3.22. The summed E-state index contributed by atoms with van der Waals surface area (Å²) in [6.45, 7) is 3.57. The number of hydrogen-bond acceptors (Lipinski definition) is 8. The maximum absolute atomic E-state index is 12.8. The highest BCUT2D eigenvalue weighted by Crippen LogP contribution is 2.23. The van der Waals surface area contributed by atoms with Gasteiger partial charge < -0.3 is 40.3 Å². The number of unbranched alkanes of at least 4 members (excludes halogenated alkanes) is 15. The van der Waals surface area contributed by atoms with Crippen LogP contribution in [0.4, 0.5) is 0 Å². The van der Waals surface area contributed by atoms with Crippen LogP contribution in [0.1, 0.15) is 174 Å². The number of aliphatic hydroxyl groups excluding tert-OH is 5. The molecule has 0 aliphatic carbocycles. The summed E-state index contributed by atoms with van der Waals surface area (Å²) in [5.74, 6) is -0.160. The van der Waals surface area contributed by atoms with E-state index in [2.05, 4.69) is 92.1 Å². The molecule has 0 aromatic carbocycles. The molecule has 0 bridgehead atoms. The zero-order valence-corrected chi connectivity index (χ0v) is 36.5. The van der Waals surface area contributed by atoms with Crippen molar-refractivity contribution >= 4 is 5.91 Å². The summed E-state index contributed by atoms with van der Waals surface area (Å²) < 4.78 is 11.1. The SMILES string of the molecule is CC/C=C\C/C=C\C/C=C\C/C=C\C/C=C\C/C=C\CCCCCCCCCCCCCCC(=O)NC(COC1OC(CO)C(O)C(O)C1O)C(O)CCCCCC. The lowest BCUT2D eigenvalue weighted by atomic mass is 9.99. The predicted octanol–water partition coefficient (Wildman–Crippen LogP) is 9.78. The summed E-state index contributed by atoms with van der Waals surface area (Å²) in [4.78, 5) is 12.8. The first-order valence-electron chi connectivity index (χ1n) is 23.1. The van der Waals surface area contributed by atoms with Crippen molar-refractivity contribution in [3.8, 4) is 0 Å². The summed E-state index contributed by atoms with van der Waals surface area (Å²) >= 11 is 0. The Balaban J connectivity index is 2.07. The van der Waals surface area contributed by atoms with Crippen LogP contribution < -0.4 is 5.32 Å². The Bertz CT molecular complexity index is 1130. The van der Waals surface area contributed by atoms with Crippen molar-refractivity contribution < 1.29 is 39.8 Å². The lowest BCUT2D eigenvalue weighted by molar-refractivity contribution is -0.302. The molecular formula is C49H85NO8. The highest BCUT2D eigenvalue weighted by Gasteiger charge is 2.44. The number of hydrogen-bond donors (Lipinski definition) is 6. The summed E-state index contributed by atoms with van der Waals surface area (Å²) in [6.07, 6.45) is 45.6. The van der Waals surface area contributed by atoms with E-state index in [4.69, 9.17) is 9.47 Å². The van der Waals surface area contributed by atoms with Crippen LogP contribution in [0.2, 0.25) is 0 Å².